The topological polar surface area (TPSA) is 88.4 Å². The number of rotatable bonds is 9. The number of nitrogens with zero attached hydrogens (tertiary/aromatic N) is 2. The van der Waals surface area contributed by atoms with E-state index in [-0.39, 0.29) is 18.0 Å². The number of aliphatic imine (C=N–C) groups is 1. The van der Waals surface area contributed by atoms with Crippen LogP contribution in [0.3, 0.4) is 0 Å². The number of amidine groups is 1. The van der Waals surface area contributed by atoms with Crippen LogP contribution in [0.4, 0.5) is 5.69 Å². The van der Waals surface area contributed by atoms with Crippen LogP contribution in [0.1, 0.15) is 27.0 Å². The van der Waals surface area contributed by atoms with Gasteiger partial charge in [0.25, 0.3) is 5.91 Å². The fourth-order valence-electron chi connectivity index (χ4n) is 4.08. The Balaban J connectivity index is 1.46. The molecule has 42 heavy (non-hydrogen) atoms. The second-order valence-corrected chi connectivity index (χ2v) is 11.6. The zero-order chi connectivity index (χ0) is 29.6. The van der Waals surface area contributed by atoms with Crippen LogP contribution >= 0.6 is 39.3 Å². The first-order valence-electron chi connectivity index (χ1n) is 12.7. The van der Waals surface area contributed by atoms with Crippen molar-refractivity contribution < 1.29 is 24.2 Å². The summed E-state index contributed by atoms with van der Waals surface area (Å²) >= 11 is 10.8. The molecule has 5 rings (SSSR count). The van der Waals surface area contributed by atoms with Crippen molar-refractivity contribution in [2.45, 2.75) is 13.2 Å². The molecule has 0 aliphatic carbocycles. The molecule has 0 unspecified atom stereocenters. The van der Waals surface area contributed by atoms with Crippen molar-refractivity contribution in [3.05, 3.63) is 128 Å². The van der Waals surface area contributed by atoms with E-state index < -0.39 is 5.97 Å². The van der Waals surface area contributed by atoms with Crippen molar-refractivity contribution in [3.63, 3.8) is 0 Å². The quantitative estimate of drug-likeness (QED) is 0.182. The molecule has 0 spiro atoms. The molecule has 1 aliphatic heterocycles. The van der Waals surface area contributed by atoms with Gasteiger partial charge in [0.05, 0.1) is 29.8 Å². The molecular weight excluding hydrogens is 640 g/mol. The van der Waals surface area contributed by atoms with E-state index in [0.29, 0.717) is 38.9 Å². The van der Waals surface area contributed by atoms with Gasteiger partial charge in [-0.3, -0.25) is 9.69 Å². The first-order valence-corrected chi connectivity index (χ1v) is 14.7. The summed E-state index contributed by atoms with van der Waals surface area (Å²) in [7, 11) is 1.59. The molecule has 1 amide bonds. The van der Waals surface area contributed by atoms with Gasteiger partial charge in [-0.2, -0.15) is 0 Å². The molecule has 0 saturated carbocycles. The van der Waals surface area contributed by atoms with Crippen LogP contribution in [0, 0.1) is 0 Å². The van der Waals surface area contributed by atoms with Crippen LogP contribution < -0.4 is 9.47 Å². The van der Waals surface area contributed by atoms with Crippen molar-refractivity contribution in [2.75, 3.05) is 7.11 Å². The molecule has 0 atom stereocenters. The van der Waals surface area contributed by atoms with Crippen LogP contribution in [0.5, 0.6) is 11.5 Å². The van der Waals surface area contributed by atoms with Gasteiger partial charge in [0.1, 0.15) is 18.1 Å². The predicted molar refractivity (Wildman–Crippen MR) is 170 cm³/mol. The van der Waals surface area contributed by atoms with Gasteiger partial charge in [0.15, 0.2) is 5.17 Å². The Labute approximate surface area is 260 Å². The Kier molecular flexibility index (Phi) is 9.31. The van der Waals surface area contributed by atoms with Gasteiger partial charge in [0, 0.05) is 15.1 Å². The summed E-state index contributed by atoms with van der Waals surface area (Å²) in [5.74, 6) is 0.0823. The number of benzene rings is 4. The average Bonchev–Trinajstić information content (AvgIpc) is 3.27. The van der Waals surface area contributed by atoms with Crippen molar-refractivity contribution in [1.29, 1.82) is 0 Å². The molecule has 7 nitrogen and oxygen atoms in total. The molecule has 10 heteroatoms. The molecule has 1 fully saturated rings. The second-order valence-electron chi connectivity index (χ2n) is 9.19. The van der Waals surface area contributed by atoms with Gasteiger partial charge in [-0.05, 0) is 95.7 Å². The lowest BCUT2D eigenvalue weighted by Gasteiger charge is -2.16. The summed E-state index contributed by atoms with van der Waals surface area (Å²) in [6.45, 7) is 0.551. The minimum atomic E-state index is -1.01. The maximum atomic E-state index is 13.8. The molecule has 1 N–H and O–H groups in total. The van der Waals surface area contributed by atoms with Crippen LogP contribution in [0.15, 0.2) is 105 Å². The highest BCUT2D eigenvalue weighted by Gasteiger charge is 2.34. The summed E-state index contributed by atoms with van der Waals surface area (Å²) < 4.78 is 12.2. The normalized spacial score (nSPS) is 14.9. The molecule has 4 aromatic rings. The fourth-order valence-corrected chi connectivity index (χ4v) is 5.57. The molecule has 4 aromatic carbocycles. The van der Waals surface area contributed by atoms with Crippen molar-refractivity contribution >= 4 is 68.1 Å². The number of ether oxygens (including phenoxy) is 2. The number of hydrogen-bond donors (Lipinski definition) is 1. The van der Waals surface area contributed by atoms with Gasteiger partial charge >= 0.3 is 5.97 Å². The monoisotopic (exact) mass is 662 g/mol. The second kappa shape index (κ2) is 13.3. The minimum Gasteiger partial charge on any atom is -0.497 e. The number of carboxylic acids is 1. The standard InChI is InChI=1S/C32H24BrClN2O5S/c1-40-27-13-11-26(12-14-27)35-32-36(18-20-2-6-22(7-3-20)31(38)39)30(37)29(42-32)17-23-16-24(33)8-15-28(23)41-19-21-4-9-25(34)10-5-21/h2-17H,18-19H2,1H3,(H,38,39)/b29-17-,35-32?. The first kappa shape index (κ1) is 29.4. The molecule has 0 bridgehead atoms. The summed E-state index contributed by atoms with van der Waals surface area (Å²) in [5, 5.41) is 10.4. The summed E-state index contributed by atoms with van der Waals surface area (Å²) in [4.78, 5) is 31.9. The van der Waals surface area contributed by atoms with Crippen molar-refractivity contribution in [1.82, 2.24) is 4.90 Å². The Morgan fingerprint density at radius 1 is 1.00 bits per heavy atom. The van der Waals surface area contributed by atoms with E-state index in [1.807, 2.05) is 54.6 Å². The van der Waals surface area contributed by atoms with Crippen molar-refractivity contribution in [2.24, 2.45) is 4.99 Å². The van der Waals surface area contributed by atoms with E-state index >= 15 is 0 Å². The highest BCUT2D eigenvalue weighted by Crippen LogP contribution is 2.37. The van der Waals surface area contributed by atoms with E-state index in [9.17, 15) is 14.7 Å². The number of aromatic carboxylic acids is 1. The Morgan fingerprint density at radius 2 is 1.69 bits per heavy atom. The average molecular weight is 664 g/mol. The zero-order valence-corrected chi connectivity index (χ0v) is 25.4. The van der Waals surface area contributed by atoms with Gasteiger partial charge < -0.3 is 14.6 Å². The molecule has 1 heterocycles. The highest BCUT2D eigenvalue weighted by atomic mass is 79.9. The summed E-state index contributed by atoms with van der Waals surface area (Å²) in [6.07, 6.45) is 1.80. The first-order chi connectivity index (χ1) is 20.3. The molecule has 1 saturated heterocycles. The third-order valence-corrected chi connectivity index (χ3v) is 8.04. The Morgan fingerprint density at radius 3 is 2.36 bits per heavy atom. The number of carbonyl (C=O) groups is 2. The van der Waals surface area contributed by atoms with E-state index in [2.05, 4.69) is 15.9 Å². The Hall–Kier alpha value is -4.05. The number of carbonyl (C=O) groups excluding carboxylic acids is 1. The van der Waals surface area contributed by atoms with Crippen LogP contribution in [-0.2, 0) is 17.9 Å². The van der Waals surface area contributed by atoms with E-state index in [1.165, 1.54) is 23.9 Å². The maximum absolute atomic E-state index is 13.8. The zero-order valence-electron chi connectivity index (χ0n) is 22.3. The number of halogens is 2. The molecular formula is C32H24BrClN2O5S. The number of thioether (sulfide) groups is 1. The fraction of sp³-hybridized carbons (Fsp3) is 0.0938. The van der Waals surface area contributed by atoms with Crippen LogP contribution in [-0.4, -0.2) is 34.2 Å². The Bertz CT molecular complexity index is 1670. The van der Waals surface area contributed by atoms with Crippen LogP contribution in [0.25, 0.3) is 6.08 Å². The van der Waals surface area contributed by atoms with E-state index in [1.54, 1.807) is 42.4 Å². The number of amides is 1. The van der Waals surface area contributed by atoms with Crippen LogP contribution in [0.2, 0.25) is 5.02 Å². The van der Waals surface area contributed by atoms with Gasteiger partial charge in [-0.25, -0.2) is 9.79 Å². The minimum absolute atomic E-state index is 0.175. The molecule has 0 aromatic heterocycles. The SMILES string of the molecule is COc1ccc(N=C2S/C(=C\c3cc(Br)ccc3OCc3ccc(Cl)cc3)C(=O)N2Cc2ccc(C(=O)O)cc2)cc1. The summed E-state index contributed by atoms with van der Waals surface area (Å²) in [5.41, 5.74) is 3.29. The third kappa shape index (κ3) is 7.23. The predicted octanol–water partition coefficient (Wildman–Crippen LogP) is 8.19. The third-order valence-electron chi connectivity index (χ3n) is 6.29. The lowest BCUT2D eigenvalue weighted by molar-refractivity contribution is -0.122. The molecule has 212 valence electrons. The summed E-state index contributed by atoms with van der Waals surface area (Å²) in [6, 6.07) is 26.7. The smallest absolute Gasteiger partial charge is 0.335 e. The van der Waals surface area contributed by atoms with E-state index in [4.69, 9.17) is 26.1 Å². The van der Waals surface area contributed by atoms with Gasteiger partial charge in [0.2, 0.25) is 0 Å². The maximum Gasteiger partial charge on any atom is 0.335 e. The van der Waals surface area contributed by atoms with Crippen molar-refractivity contribution in [3.8, 4) is 11.5 Å². The van der Waals surface area contributed by atoms with Gasteiger partial charge in [-0.15, -0.1) is 0 Å². The van der Waals surface area contributed by atoms with Gasteiger partial charge in [-0.1, -0.05) is 51.8 Å². The number of hydrogen-bond acceptors (Lipinski definition) is 6. The highest BCUT2D eigenvalue weighted by molar-refractivity contribution is 9.10. The number of carboxylic acid groups (broad SMARTS) is 1. The molecule has 0 radical (unpaired) electrons. The largest absolute Gasteiger partial charge is 0.497 e. The lowest BCUT2D eigenvalue weighted by Crippen LogP contribution is -2.28. The lowest BCUT2D eigenvalue weighted by atomic mass is 10.1. The molecule has 1 aliphatic rings. The van der Waals surface area contributed by atoms with E-state index in [0.717, 1.165) is 21.2 Å². The number of methoxy groups -OCH3 is 1.